The van der Waals surface area contributed by atoms with Crippen LogP contribution < -0.4 is 5.32 Å². The molecule has 2 heterocycles. The average molecular weight is 254 g/mol. The van der Waals surface area contributed by atoms with E-state index in [1.165, 1.54) is 9.70 Å². The van der Waals surface area contributed by atoms with E-state index in [1.807, 2.05) is 0 Å². The predicted octanol–water partition coefficient (Wildman–Crippen LogP) is -0.461. The number of aromatic nitrogens is 4. The van der Waals surface area contributed by atoms with Gasteiger partial charge in [-0.2, -0.15) is 4.80 Å². The standard InChI is InChI=1S/C9H14N6O3/c1-14-12-8(11-13-14)10-9(18)15-4-2-3-6(5-15)7(16)17/h6H,2-5H2,1H3,(H,16,17)(H,10,12,18)/t6-/m0/s1. The summed E-state index contributed by atoms with van der Waals surface area (Å²) in [4.78, 5) is 25.4. The van der Waals surface area contributed by atoms with Crippen molar-refractivity contribution < 1.29 is 14.7 Å². The molecule has 1 atom stereocenters. The van der Waals surface area contributed by atoms with Crippen LogP contribution in [-0.4, -0.2) is 55.3 Å². The molecule has 98 valence electrons. The van der Waals surface area contributed by atoms with Gasteiger partial charge in [0, 0.05) is 13.1 Å². The number of nitrogens with zero attached hydrogens (tertiary/aromatic N) is 5. The minimum atomic E-state index is -0.870. The first-order valence-electron chi connectivity index (χ1n) is 5.59. The summed E-state index contributed by atoms with van der Waals surface area (Å²) in [5.74, 6) is -1.26. The van der Waals surface area contributed by atoms with Crippen molar-refractivity contribution in [1.82, 2.24) is 25.1 Å². The number of aliphatic carboxylic acids is 1. The summed E-state index contributed by atoms with van der Waals surface area (Å²) in [6, 6.07) is -0.394. The van der Waals surface area contributed by atoms with Crippen molar-refractivity contribution in [3.05, 3.63) is 0 Å². The zero-order valence-electron chi connectivity index (χ0n) is 9.91. The molecule has 1 aromatic rings. The van der Waals surface area contributed by atoms with E-state index in [0.717, 1.165) is 0 Å². The third-order valence-electron chi connectivity index (χ3n) is 2.78. The van der Waals surface area contributed by atoms with Gasteiger partial charge in [0.2, 0.25) is 0 Å². The van der Waals surface area contributed by atoms with Crippen LogP contribution in [0.3, 0.4) is 0 Å². The Morgan fingerprint density at radius 2 is 2.28 bits per heavy atom. The summed E-state index contributed by atoms with van der Waals surface area (Å²) in [7, 11) is 1.59. The fraction of sp³-hybridized carbons (Fsp3) is 0.667. The van der Waals surface area contributed by atoms with E-state index in [-0.39, 0.29) is 12.5 Å². The molecule has 0 unspecified atom stereocenters. The Morgan fingerprint density at radius 1 is 1.50 bits per heavy atom. The van der Waals surface area contributed by atoms with Crippen LogP contribution in [0.5, 0.6) is 0 Å². The molecule has 0 radical (unpaired) electrons. The molecule has 1 aliphatic rings. The largest absolute Gasteiger partial charge is 0.481 e. The van der Waals surface area contributed by atoms with Crippen molar-refractivity contribution in [1.29, 1.82) is 0 Å². The number of anilines is 1. The van der Waals surface area contributed by atoms with Gasteiger partial charge in [0.1, 0.15) is 0 Å². The summed E-state index contributed by atoms with van der Waals surface area (Å²) in [6.07, 6.45) is 1.28. The quantitative estimate of drug-likeness (QED) is 0.738. The lowest BCUT2D eigenvalue weighted by Crippen LogP contribution is -2.44. The number of aryl methyl sites for hydroxylation is 1. The van der Waals surface area contributed by atoms with Gasteiger partial charge < -0.3 is 10.0 Å². The molecule has 1 aliphatic heterocycles. The van der Waals surface area contributed by atoms with Gasteiger partial charge in [-0.25, -0.2) is 4.79 Å². The zero-order valence-corrected chi connectivity index (χ0v) is 9.91. The Morgan fingerprint density at radius 3 is 2.89 bits per heavy atom. The molecule has 1 aromatic heterocycles. The number of carboxylic acid groups (broad SMARTS) is 1. The highest BCUT2D eigenvalue weighted by atomic mass is 16.4. The number of piperidine rings is 1. The third kappa shape index (κ3) is 2.73. The van der Waals surface area contributed by atoms with E-state index in [4.69, 9.17) is 5.11 Å². The van der Waals surface area contributed by atoms with Crippen LogP contribution in [0.15, 0.2) is 0 Å². The fourth-order valence-electron chi connectivity index (χ4n) is 1.87. The first-order valence-corrected chi connectivity index (χ1v) is 5.59. The molecule has 0 saturated carbocycles. The molecule has 0 aliphatic carbocycles. The van der Waals surface area contributed by atoms with E-state index in [0.29, 0.717) is 19.4 Å². The smallest absolute Gasteiger partial charge is 0.324 e. The number of likely N-dealkylation sites (tertiary alicyclic amines) is 1. The normalized spacial score (nSPS) is 19.6. The van der Waals surface area contributed by atoms with E-state index in [2.05, 4.69) is 20.7 Å². The maximum atomic E-state index is 11.8. The van der Waals surface area contributed by atoms with Crippen LogP contribution in [0.25, 0.3) is 0 Å². The lowest BCUT2D eigenvalue weighted by Gasteiger charge is -2.30. The Balaban J connectivity index is 1.94. The molecule has 0 bridgehead atoms. The van der Waals surface area contributed by atoms with Gasteiger partial charge in [-0.3, -0.25) is 10.1 Å². The van der Waals surface area contributed by atoms with Gasteiger partial charge >= 0.3 is 12.0 Å². The Labute approximate surface area is 103 Å². The number of hydrogen-bond acceptors (Lipinski definition) is 5. The van der Waals surface area contributed by atoms with Crippen LogP contribution in [0.1, 0.15) is 12.8 Å². The van der Waals surface area contributed by atoms with Gasteiger partial charge in [-0.1, -0.05) is 5.10 Å². The molecule has 1 fully saturated rings. The van der Waals surface area contributed by atoms with Crippen molar-refractivity contribution in [2.24, 2.45) is 13.0 Å². The number of carbonyl (C=O) groups excluding carboxylic acids is 1. The van der Waals surface area contributed by atoms with Gasteiger partial charge in [0.25, 0.3) is 5.95 Å². The third-order valence-corrected chi connectivity index (χ3v) is 2.78. The first-order chi connectivity index (χ1) is 8.56. The van der Waals surface area contributed by atoms with Crippen molar-refractivity contribution >= 4 is 17.9 Å². The summed E-state index contributed by atoms with van der Waals surface area (Å²) < 4.78 is 0. The Hall–Kier alpha value is -2.19. The topological polar surface area (TPSA) is 113 Å². The van der Waals surface area contributed by atoms with Crippen molar-refractivity contribution in [2.45, 2.75) is 12.8 Å². The number of hydrogen-bond donors (Lipinski definition) is 2. The van der Waals surface area contributed by atoms with Gasteiger partial charge in [0.15, 0.2) is 0 Å². The van der Waals surface area contributed by atoms with Crippen LogP contribution in [0.2, 0.25) is 0 Å². The molecule has 9 nitrogen and oxygen atoms in total. The summed E-state index contributed by atoms with van der Waals surface area (Å²) >= 11 is 0. The molecule has 1 saturated heterocycles. The summed E-state index contributed by atoms with van der Waals surface area (Å²) in [6.45, 7) is 0.747. The van der Waals surface area contributed by atoms with E-state index in [9.17, 15) is 9.59 Å². The number of amides is 2. The molecular formula is C9H14N6O3. The van der Waals surface area contributed by atoms with Crippen molar-refractivity contribution in [2.75, 3.05) is 18.4 Å². The predicted molar refractivity (Wildman–Crippen MR) is 59.7 cm³/mol. The average Bonchev–Trinajstić information content (AvgIpc) is 2.75. The van der Waals surface area contributed by atoms with Gasteiger partial charge in [-0.05, 0) is 18.1 Å². The zero-order chi connectivity index (χ0) is 13.1. The highest BCUT2D eigenvalue weighted by Gasteiger charge is 2.28. The Bertz CT molecular complexity index is 459. The van der Waals surface area contributed by atoms with E-state index < -0.39 is 17.9 Å². The molecule has 2 rings (SSSR count). The number of carbonyl (C=O) groups is 2. The number of rotatable bonds is 2. The second-order valence-corrected chi connectivity index (χ2v) is 4.16. The number of carboxylic acids is 1. The van der Waals surface area contributed by atoms with Crippen LogP contribution in [0, 0.1) is 5.92 Å². The minimum Gasteiger partial charge on any atom is -0.481 e. The van der Waals surface area contributed by atoms with Crippen molar-refractivity contribution in [3.63, 3.8) is 0 Å². The molecule has 0 spiro atoms. The fourth-order valence-corrected chi connectivity index (χ4v) is 1.87. The first kappa shape index (κ1) is 12.3. The molecule has 2 N–H and O–H groups in total. The Kier molecular flexibility index (Phi) is 3.40. The lowest BCUT2D eigenvalue weighted by atomic mass is 9.99. The molecular weight excluding hydrogens is 240 g/mol. The highest BCUT2D eigenvalue weighted by molar-refractivity contribution is 5.87. The molecule has 9 heteroatoms. The second-order valence-electron chi connectivity index (χ2n) is 4.16. The summed E-state index contributed by atoms with van der Waals surface area (Å²) in [5, 5.41) is 22.5. The van der Waals surface area contributed by atoms with Crippen molar-refractivity contribution in [3.8, 4) is 0 Å². The van der Waals surface area contributed by atoms with E-state index >= 15 is 0 Å². The molecule has 2 amide bonds. The molecule has 18 heavy (non-hydrogen) atoms. The minimum absolute atomic E-state index is 0.111. The number of tetrazole rings is 1. The van der Waals surface area contributed by atoms with Crippen LogP contribution >= 0.6 is 0 Å². The van der Waals surface area contributed by atoms with Crippen LogP contribution in [0.4, 0.5) is 10.7 Å². The number of nitrogens with one attached hydrogen (secondary N) is 1. The highest BCUT2D eigenvalue weighted by Crippen LogP contribution is 2.17. The summed E-state index contributed by atoms with van der Waals surface area (Å²) in [5.41, 5.74) is 0. The van der Waals surface area contributed by atoms with Gasteiger partial charge in [0.05, 0.1) is 13.0 Å². The second kappa shape index (κ2) is 4.98. The maximum Gasteiger partial charge on any atom is 0.324 e. The monoisotopic (exact) mass is 254 g/mol. The maximum absolute atomic E-state index is 11.8. The van der Waals surface area contributed by atoms with Crippen LogP contribution in [-0.2, 0) is 11.8 Å². The van der Waals surface area contributed by atoms with E-state index in [1.54, 1.807) is 7.05 Å². The molecule has 0 aromatic carbocycles. The number of urea groups is 1. The SMILES string of the molecule is Cn1nnc(NC(=O)N2CCC[C@H](C(=O)O)C2)n1. The lowest BCUT2D eigenvalue weighted by molar-refractivity contribution is -0.143. The van der Waals surface area contributed by atoms with Gasteiger partial charge in [-0.15, -0.1) is 5.10 Å².